The Balaban J connectivity index is 2.02. The maximum atomic E-state index is 5.84. The van der Waals surface area contributed by atoms with E-state index in [0.29, 0.717) is 11.8 Å². The molecule has 1 aromatic heterocycles. The van der Waals surface area contributed by atoms with Gasteiger partial charge in [0.25, 0.3) is 0 Å². The van der Waals surface area contributed by atoms with Gasteiger partial charge in [-0.15, -0.1) is 0 Å². The van der Waals surface area contributed by atoms with Crippen molar-refractivity contribution >= 4 is 11.9 Å². The highest BCUT2D eigenvalue weighted by molar-refractivity contribution is 5.61. The largest absolute Gasteiger partial charge is 0.493 e. The number of nitrogen functional groups attached to an aromatic ring is 1. The number of hydrogen-bond donors (Lipinski definition) is 1. The van der Waals surface area contributed by atoms with Gasteiger partial charge in [-0.3, -0.25) is 0 Å². The number of hydrogen-bond acceptors (Lipinski definition) is 6. The first-order valence-corrected chi connectivity index (χ1v) is 7.23. The molecule has 0 unspecified atom stereocenters. The van der Waals surface area contributed by atoms with Gasteiger partial charge in [0.2, 0.25) is 11.9 Å². The van der Waals surface area contributed by atoms with E-state index in [-0.39, 0.29) is 5.95 Å². The molecule has 0 atom stereocenters. The van der Waals surface area contributed by atoms with Crippen LogP contribution in [0.15, 0.2) is 18.2 Å². The molecule has 0 spiro atoms. The molecule has 0 saturated heterocycles. The van der Waals surface area contributed by atoms with Crippen molar-refractivity contribution in [2.45, 2.75) is 20.3 Å². The Hall–Kier alpha value is -2.37. The lowest BCUT2D eigenvalue weighted by molar-refractivity contribution is 0.357. The summed E-state index contributed by atoms with van der Waals surface area (Å²) in [5, 5.41) is 0. The van der Waals surface area contributed by atoms with Crippen molar-refractivity contribution in [3.8, 4) is 17.1 Å². The smallest absolute Gasteiger partial charge is 0.230 e. The molecule has 110 valence electrons. The van der Waals surface area contributed by atoms with Gasteiger partial charge in [-0.2, -0.15) is 15.0 Å². The molecule has 0 aliphatic carbocycles. The van der Waals surface area contributed by atoms with Gasteiger partial charge in [0.15, 0.2) is 5.82 Å². The van der Waals surface area contributed by atoms with Gasteiger partial charge in [-0.1, -0.05) is 0 Å². The van der Waals surface area contributed by atoms with Crippen LogP contribution in [0.1, 0.15) is 19.4 Å². The molecule has 3 rings (SSSR count). The van der Waals surface area contributed by atoms with E-state index in [1.807, 2.05) is 12.1 Å². The van der Waals surface area contributed by atoms with Crippen LogP contribution in [-0.4, -0.2) is 34.6 Å². The lowest BCUT2D eigenvalue weighted by atomic mass is 10.1. The molecular weight excluding hydrogens is 266 g/mol. The van der Waals surface area contributed by atoms with Crippen LogP contribution in [-0.2, 0) is 6.42 Å². The second kappa shape index (κ2) is 5.55. The molecule has 0 amide bonds. The van der Waals surface area contributed by atoms with Crippen LogP contribution in [0.4, 0.5) is 11.9 Å². The zero-order valence-corrected chi connectivity index (χ0v) is 12.3. The van der Waals surface area contributed by atoms with Crippen molar-refractivity contribution < 1.29 is 4.74 Å². The number of benzene rings is 1. The Labute approximate surface area is 124 Å². The Bertz CT molecular complexity index is 655. The molecule has 2 heterocycles. The van der Waals surface area contributed by atoms with Crippen LogP contribution >= 0.6 is 0 Å². The van der Waals surface area contributed by atoms with Gasteiger partial charge in [0.1, 0.15) is 5.75 Å². The summed E-state index contributed by atoms with van der Waals surface area (Å²) in [6, 6.07) is 6.00. The van der Waals surface area contributed by atoms with Crippen LogP contribution in [0.5, 0.6) is 5.75 Å². The van der Waals surface area contributed by atoms with E-state index in [2.05, 4.69) is 39.8 Å². The third kappa shape index (κ3) is 2.61. The fourth-order valence-electron chi connectivity index (χ4n) is 2.48. The van der Waals surface area contributed by atoms with E-state index in [0.717, 1.165) is 37.4 Å². The standard InChI is InChI=1S/C15H19N5O/c1-3-20(4-2)15-18-13(17-14(16)19-15)11-5-6-12-10(9-11)7-8-21-12/h5-6,9H,3-4,7-8H2,1-2H3,(H2,16,17,18,19). The third-order valence-corrected chi connectivity index (χ3v) is 3.63. The van der Waals surface area contributed by atoms with E-state index in [9.17, 15) is 0 Å². The summed E-state index contributed by atoms with van der Waals surface area (Å²) < 4.78 is 5.52. The summed E-state index contributed by atoms with van der Waals surface area (Å²) in [6.07, 6.45) is 0.923. The maximum Gasteiger partial charge on any atom is 0.230 e. The summed E-state index contributed by atoms with van der Waals surface area (Å²) >= 11 is 0. The highest BCUT2D eigenvalue weighted by Gasteiger charge is 2.15. The first-order chi connectivity index (χ1) is 10.2. The first-order valence-electron chi connectivity index (χ1n) is 7.23. The highest BCUT2D eigenvalue weighted by atomic mass is 16.5. The summed E-state index contributed by atoms with van der Waals surface area (Å²) in [5.41, 5.74) is 7.98. The van der Waals surface area contributed by atoms with E-state index in [1.54, 1.807) is 0 Å². The molecule has 2 N–H and O–H groups in total. The van der Waals surface area contributed by atoms with E-state index < -0.39 is 0 Å². The molecule has 2 aromatic rings. The van der Waals surface area contributed by atoms with Crippen LogP contribution in [0.25, 0.3) is 11.4 Å². The Kier molecular flexibility index (Phi) is 3.60. The Morgan fingerprint density at radius 1 is 1.19 bits per heavy atom. The van der Waals surface area contributed by atoms with Crippen molar-refractivity contribution in [1.29, 1.82) is 0 Å². The summed E-state index contributed by atoms with van der Waals surface area (Å²) in [5.74, 6) is 2.43. The number of fused-ring (bicyclic) bond motifs is 1. The quantitative estimate of drug-likeness (QED) is 0.924. The zero-order chi connectivity index (χ0) is 14.8. The monoisotopic (exact) mass is 285 g/mol. The molecule has 1 aliphatic rings. The average molecular weight is 285 g/mol. The van der Waals surface area contributed by atoms with Crippen LogP contribution in [0.2, 0.25) is 0 Å². The van der Waals surface area contributed by atoms with Gasteiger partial charge < -0.3 is 15.4 Å². The Morgan fingerprint density at radius 3 is 2.76 bits per heavy atom. The molecule has 21 heavy (non-hydrogen) atoms. The fraction of sp³-hybridized carbons (Fsp3) is 0.400. The summed E-state index contributed by atoms with van der Waals surface area (Å²) in [7, 11) is 0. The number of rotatable bonds is 4. The number of ether oxygens (including phenoxy) is 1. The number of aromatic nitrogens is 3. The molecule has 1 aromatic carbocycles. The van der Waals surface area contributed by atoms with Gasteiger partial charge in [-0.05, 0) is 37.6 Å². The molecule has 6 heteroatoms. The van der Waals surface area contributed by atoms with Gasteiger partial charge in [0, 0.05) is 25.1 Å². The van der Waals surface area contributed by atoms with Crippen molar-refractivity contribution in [3.63, 3.8) is 0 Å². The highest BCUT2D eigenvalue weighted by Crippen LogP contribution is 2.29. The third-order valence-electron chi connectivity index (χ3n) is 3.63. The molecule has 0 saturated carbocycles. The lowest BCUT2D eigenvalue weighted by Crippen LogP contribution is -2.25. The van der Waals surface area contributed by atoms with Gasteiger partial charge in [-0.25, -0.2) is 0 Å². The minimum absolute atomic E-state index is 0.249. The zero-order valence-electron chi connectivity index (χ0n) is 12.3. The van der Waals surface area contributed by atoms with E-state index >= 15 is 0 Å². The Morgan fingerprint density at radius 2 is 2.00 bits per heavy atom. The molecule has 6 nitrogen and oxygen atoms in total. The van der Waals surface area contributed by atoms with Crippen molar-refractivity contribution in [1.82, 2.24) is 15.0 Å². The fourth-order valence-corrected chi connectivity index (χ4v) is 2.48. The van der Waals surface area contributed by atoms with Crippen LogP contribution in [0, 0.1) is 0 Å². The molecule has 1 aliphatic heterocycles. The minimum atomic E-state index is 0.249. The number of anilines is 2. The SMILES string of the molecule is CCN(CC)c1nc(N)nc(-c2ccc3c(c2)CCO3)n1. The maximum absolute atomic E-state index is 5.84. The van der Waals surface area contributed by atoms with Crippen molar-refractivity contribution in [3.05, 3.63) is 23.8 Å². The molecular formula is C15H19N5O. The van der Waals surface area contributed by atoms with Gasteiger partial charge in [0.05, 0.1) is 6.61 Å². The molecule has 0 fully saturated rings. The normalized spacial score (nSPS) is 12.9. The van der Waals surface area contributed by atoms with E-state index in [1.165, 1.54) is 5.56 Å². The summed E-state index contributed by atoms with van der Waals surface area (Å²) in [4.78, 5) is 15.1. The number of nitrogens with zero attached hydrogens (tertiary/aromatic N) is 4. The second-order valence-electron chi connectivity index (χ2n) is 4.91. The predicted octanol–water partition coefficient (Wildman–Crippen LogP) is 1.90. The first kappa shape index (κ1) is 13.6. The average Bonchev–Trinajstić information content (AvgIpc) is 2.95. The summed E-state index contributed by atoms with van der Waals surface area (Å²) in [6.45, 7) is 6.53. The van der Waals surface area contributed by atoms with E-state index in [4.69, 9.17) is 10.5 Å². The van der Waals surface area contributed by atoms with Crippen LogP contribution < -0.4 is 15.4 Å². The van der Waals surface area contributed by atoms with Gasteiger partial charge >= 0.3 is 0 Å². The molecule has 0 bridgehead atoms. The predicted molar refractivity (Wildman–Crippen MR) is 82.4 cm³/mol. The van der Waals surface area contributed by atoms with Crippen molar-refractivity contribution in [2.75, 3.05) is 30.3 Å². The molecule has 0 radical (unpaired) electrons. The number of nitrogens with two attached hydrogens (primary N) is 1. The topological polar surface area (TPSA) is 77.2 Å². The van der Waals surface area contributed by atoms with Crippen LogP contribution in [0.3, 0.4) is 0 Å². The minimum Gasteiger partial charge on any atom is -0.493 e. The second-order valence-corrected chi connectivity index (χ2v) is 4.91. The lowest BCUT2D eigenvalue weighted by Gasteiger charge is -2.18. The van der Waals surface area contributed by atoms with Crippen molar-refractivity contribution in [2.24, 2.45) is 0 Å².